The van der Waals surface area contributed by atoms with Gasteiger partial charge in [0.1, 0.15) is 5.82 Å². The number of carbonyl (C=O) groups excluding carboxylic acids is 1. The third kappa shape index (κ3) is 5.89. The van der Waals surface area contributed by atoms with Gasteiger partial charge in [-0.2, -0.15) is 0 Å². The van der Waals surface area contributed by atoms with E-state index in [0.29, 0.717) is 5.69 Å². The minimum absolute atomic E-state index is 0.0179. The maximum atomic E-state index is 13.1. The molecule has 2 rings (SSSR count). The molecule has 1 N–H and O–H groups in total. The lowest BCUT2D eigenvalue weighted by molar-refractivity contribution is -0.384. The highest BCUT2D eigenvalue weighted by atomic mass is 35.5. The van der Waals surface area contributed by atoms with Gasteiger partial charge in [-0.25, -0.2) is 12.8 Å². The Morgan fingerprint density at radius 3 is 2.61 bits per heavy atom. The summed E-state index contributed by atoms with van der Waals surface area (Å²) in [6.07, 6.45) is 1.12. The Labute approximate surface area is 166 Å². The third-order valence-corrected chi connectivity index (χ3v) is 5.18. The maximum absolute atomic E-state index is 13.1. The predicted molar refractivity (Wildman–Crippen MR) is 105 cm³/mol. The number of non-ortho nitro benzene ring substituents is 1. The van der Waals surface area contributed by atoms with E-state index in [4.69, 9.17) is 11.6 Å². The highest BCUT2D eigenvalue weighted by Crippen LogP contribution is 2.24. The topological polar surface area (TPSA) is 110 Å². The standard InChI is InChI=1S/C17H17ClFN3O5S/c1-28(26,27)21(13-4-2-5-14(11-13)22(24)25)9-3-6-17(23)20-12-7-8-16(19)15(18)10-12/h2,4-5,7-8,10-11H,3,6,9H2,1H3,(H,20,23). The molecule has 1 amide bonds. The molecule has 0 unspecified atom stereocenters. The Kier molecular flexibility index (Phi) is 6.92. The van der Waals surface area contributed by atoms with Crippen molar-refractivity contribution >= 4 is 44.6 Å². The number of halogens is 2. The molecule has 0 saturated carbocycles. The first-order valence-corrected chi connectivity index (χ1v) is 10.3. The van der Waals surface area contributed by atoms with Crippen LogP contribution in [0, 0.1) is 15.9 Å². The zero-order valence-corrected chi connectivity index (χ0v) is 16.3. The van der Waals surface area contributed by atoms with Crippen LogP contribution in [0.5, 0.6) is 0 Å². The van der Waals surface area contributed by atoms with Gasteiger partial charge in [-0.3, -0.25) is 19.2 Å². The number of hydrogen-bond donors (Lipinski definition) is 1. The molecule has 2 aromatic carbocycles. The number of rotatable bonds is 8. The average molecular weight is 430 g/mol. The minimum Gasteiger partial charge on any atom is -0.326 e. The number of nitrogens with one attached hydrogen (secondary N) is 1. The van der Waals surface area contributed by atoms with Gasteiger partial charge in [0.2, 0.25) is 15.9 Å². The number of nitrogens with zero attached hydrogens (tertiary/aromatic N) is 2. The second-order valence-corrected chi connectivity index (χ2v) is 8.21. The highest BCUT2D eigenvalue weighted by Gasteiger charge is 2.20. The zero-order valence-electron chi connectivity index (χ0n) is 14.8. The Morgan fingerprint density at radius 1 is 1.29 bits per heavy atom. The zero-order chi connectivity index (χ0) is 20.9. The van der Waals surface area contributed by atoms with Gasteiger partial charge in [0, 0.05) is 30.8 Å². The molecule has 0 fully saturated rings. The Hall–Kier alpha value is -2.72. The molecule has 0 radical (unpaired) electrons. The molecule has 0 aliphatic heterocycles. The number of anilines is 2. The van der Waals surface area contributed by atoms with Gasteiger partial charge in [0.15, 0.2) is 0 Å². The molecular weight excluding hydrogens is 413 g/mol. The molecule has 0 atom stereocenters. The molecule has 0 aliphatic carbocycles. The van der Waals surface area contributed by atoms with E-state index in [1.807, 2.05) is 0 Å². The number of amides is 1. The van der Waals surface area contributed by atoms with Crippen LogP contribution < -0.4 is 9.62 Å². The fourth-order valence-electron chi connectivity index (χ4n) is 2.43. The second kappa shape index (κ2) is 8.98. The molecule has 28 heavy (non-hydrogen) atoms. The van der Waals surface area contributed by atoms with Crippen molar-refractivity contribution in [2.75, 3.05) is 22.4 Å². The van der Waals surface area contributed by atoms with Crippen LogP contribution in [0.25, 0.3) is 0 Å². The van der Waals surface area contributed by atoms with Crippen LogP contribution in [0.2, 0.25) is 5.02 Å². The van der Waals surface area contributed by atoms with Gasteiger partial charge >= 0.3 is 0 Å². The molecule has 8 nitrogen and oxygen atoms in total. The molecule has 2 aromatic rings. The molecule has 0 bridgehead atoms. The van der Waals surface area contributed by atoms with Gasteiger partial charge in [0.25, 0.3) is 5.69 Å². The largest absolute Gasteiger partial charge is 0.326 e. The lowest BCUT2D eigenvalue weighted by atomic mass is 10.2. The summed E-state index contributed by atoms with van der Waals surface area (Å²) in [6.45, 7) is -0.0441. The number of nitro benzene ring substituents is 1. The first-order chi connectivity index (χ1) is 13.1. The van der Waals surface area contributed by atoms with Crippen LogP contribution in [0.3, 0.4) is 0 Å². The van der Waals surface area contributed by atoms with Crippen LogP contribution in [0.15, 0.2) is 42.5 Å². The second-order valence-electron chi connectivity index (χ2n) is 5.89. The van der Waals surface area contributed by atoms with Gasteiger partial charge in [-0.05, 0) is 30.7 Å². The SMILES string of the molecule is CS(=O)(=O)N(CCCC(=O)Nc1ccc(F)c(Cl)c1)c1cccc([N+](=O)[O-])c1. The number of carbonyl (C=O) groups is 1. The first-order valence-electron chi connectivity index (χ1n) is 8.05. The van der Waals surface area contributed by atoms with Crippen LogP contribution in [-0.2, 0) is 14.8 Å². The predicted octanol–water partition coefficient (Wildman–Crippen LogP) is 3.57. The molecule has 0 heterocycles. The van der Waals surface area contributed by atoms with E-state index in [1.54, 1.807) is 0 Å². The summed E-state index contributed by atoms with van der Waals surface area (Å²) in [6, 6.07) is 8.97. The Bertz CT molecular complexity index is 1000. The fourth-order valence-corrected chi connectivity index (χ4v) is 3.57. The van der Waals surface area contributed by atoms with Gasteiger partial charge < -0.3 is 5.32 Å². The van der Waals surface area contributed by atoms with E-state index in [1.165, 1.54) is 30.3 Å². The van der Waals surface area contributed by atoms with Crippen LogP contribution in [0.4, 0.5) is 21.5 Å². The van der Waals surface area contributed by atoms with Crippen molar-refractivity contribution in [2.24, 2.45) is 0 Å². The first kappa shape index (κ1) is 21.6. The van der Waals surface area contributed by atoms with E-state index in [-0.39, 0.29) is 35.8 Å². The van der Waals surface area contributed by atoms with Crippen molar-refractivity contribution < 1.29 is 22.5 Å². The molecule has 0 aromatic heterocycles. The molecule has 150 valence electrons. The summed E-state index contributed by atoms with van der Waals surface area (Å²) >= 11 is 5.65. The Balaban J connectivity index is 2.02. The van der Waals surface area contributed by atoms with Crippen molar-refractivity contribution in [3.05, 3.63) is 63.4 Å². The van der Waals surface area contributed by atoms with E-state index in [2.05, 4.69) is 5.32 Å². The van der Waals surface area contributed by atoms with Crippen molar-refractivity contribution in [1.82, 2.24) is 0 Å². The molecule has 0 saturated heterocycles. The monoisotopic (exact) mass is 429 g/mol. The van der Waals surface area contributed by atoms with Crippen LogP contribution in [-0.4, -0.2) is 32.0 Å². The summed E-state index contributed by atoms with van der Waals surface area (Å²) in [5, 5.41) is 13.3. The van der Waals surface area contributed by atoms with Crippen molar-refractivity contribution in [1.29, 1.82) is 0 Å². The fraction of sp³-hybridized carbons (Fsp3) is 0.235. The van der Waals surface area contributed by atoms with E-state index in [0.717, 1.165) is 22.7 Å². The normalized spacial score (nSPS) is 11.1. The maximum Gasteiger partial charge on any atom is 0.271 e. The van der Waals surface area contributed by atoms with Crippen molar-refractivity contribution in [3.8, 4) is 0 Å². The van der Waals surface area contributed by atoms with Gasteiger partial charge in [0.05, 0.1) is 21.9 Å². The highest BCUT2D eigenvalue weighted by molar-refractivity contribution is 7.92. The number of hydrogen-bond acceptors (Lipinski definition) is 5. The summed E-state index contributed by atoms with van der Waals surface area (Å²) < 4.78 is 38.2. The molecule has 0 aliphatic rings. The quantitative estimate of drug-likeness (QED) is 0.509. The third-order valence-electron chi connectivity index (χ3n) is 3.70. The van der Waals surface area contributed by atoms with Crippen molar-refractivity contribution in [3.63, 3.8) is 0 Å². The van der Waals surface area contributed by atoms with E-state index >= 15 is 0 Å². The number of sulfonamides is 1. The summed E-state index contributed by atoms with van der Waals surface area (Å²) in [5.74, 6) is -1.02. The summed E-state index contributed by atoms with van der Waals surface area (Å²) in [4.78, 5) is 22.3. The average Bonchev–Trinajstić information content (AvgIpc) is 2.61. The number of benzene rings is 2. The smallest absolute Gasteiger partial charge is 0.271 e. The van der Waals surface area contributed by atoms with E-state index in [9.17, 15) is 27.7 Å². The lowest BCUT2D eigenvalue weighted by Gasteiger charge is -2.22. The minimum atomic E-state index is -3.71. The number of nitro groups is 1. The van der Waals surface area contributed by atoms with E-state index < -0.39 is 26.7 Å². The lowest BCUT2D eigenvalue weighted by Crippen LogP contribution is -2.31. The Morgan fingerprint density at radius 2 is 2.00 bits per heavy atom. The molecule has 11 heteroatoms. The van der Waals surface area contributed by atoms with Crippen molar-refractivity contribution in [2.45, 2.75) is 12.8 Å². The summed E-state index contributed by atoms with van der Waals surface area (Å²) in [5.41, 5.74) is 0.217. The van der Waals surface area contributed by atoms with Crippen LogP contribution >= 0.6 is 11.6 Å². The molecular formula is C17H17ClFN3O5S. The van der Waals surface area contributed by atoms with Gasteiger partial charge in [-0.15, -0.1) is 0 Å². The van der Waals surface area contributed by atoms with Gasteiger partial charge in [-0.1, -0.05) is 17.7 Å². The molecule has 0 spiro atoms. The summed E-state index contributed by atoms with van der Waals surface area (Å²) in [7, 11) is -3.71. The van der Waals surface area contributed by atoms with Crippen LogP contribution in [0.1, 0.15) is 12.8 Å².